The second kappa shape index (κ2) is 10.9. The first kappa shape index (κ1) is 21.2. The molecule has 0 heterocycles. The van der Waals surface area contributed by atoms with Crippen LogP contribution in [0.5, 0.6) is 17.2 Å². The minimum absolute atomic E-state index is 0.211. The molecule has 28 heavy (non-hydrogen) atoms. The summed E-state index contributed by atoms with van der Waals surface area (Å²) in [6.07, 6.45) is 3.12. The first-order valence-electron chi connectivity index (χ1n) is 8.78. The van der Waals surface area contributed by atoms with Gasteiger partial charge in [0.25, 0.3) is 0 Å². The van der Waals surface area contributed by atoms with Crippen LogP contribution in [0.25, 0.3) is 6.08 Å². The highest BCUT2D eigenvalue weighted by molar-refractivity contribution is 5.91. The van der Waals surface area contributed by atoms with E-state index in [9.17, 15) is 9.18 Å². The van der Waals surface area contributed by atoms with Crippen LogP contribution in [0, 0.1) is 5.82 Å². The Kier molecular flexibility index (Phi) is 8.30. The van der Waals surface area contributed by atoms with Crippen molar-refractivity contribution in [3.8, 4) is 17.2 Å². The summed E-state index contributed by atoms with van der Waals surface area (Å²) in [5.41, 5.74) is 1.73. The van der Waals surface area contributed by atoms with Crippen molar-refractivity contribution in [1.82, 2.24) is 10.6 Å². The van der Waals surface area contributed by atoms with Crippen LogP contribution in [0.3, 0.4) is 0 Å². The van der Waals surface area contributed by atoms with Crippen LogP contribution in [0.15, 0.2) is 42.5 Å². The third-order valence-electron chi connectivity index (χ3n) is 3.96. The van der Waals surface area contributed by atoms with E-state index in [2.05, 4.69) is 10.6 Å². The van der Waals surface area contributed by atoms with E-state index < -0.39 is 0 Å². The number of nitrogens with one attached hydrogen (secondary N) is 2. The minimum Gasteiger partial charge on any atom is -0.493 e. The maximum atomic E-state index is 12.8. The van der Waals surface area contributed by atoms with Gasteiger partial charge in [-0.25, -0.2) is 4.39 Å². The molecule has 0 radical (unpaired) electrons. The van der Waals surface area contributed by atoms with Gasteiger partial charge in [-0.15, -0.1) is 0 Å². The average Bonchev–Trinajstić information content (AvgIpc) is 2.72. The number of ether oxygens (including phenoxy) is 3. The zero-order valence-corrected chi connectivity index (χ0v) is 16.3. The largest absolute Gasteiger partial charge is 0.493 e. The van der Waals surface area contributed by atoms with Crippen molar-refractivity contribution >= 4 is 12.0 Å². The number of carbonyl (C=O) groups excluding carboxylic acids is 1. The van der Waals surface area contributed by atoms with E-state index in [1.807, 2.05) is 0 Å². The lowest BCUT2D eigenvalue weighted by Gasteiger charge is -2.12. The predicted octanol–water partition coefficient (Wildman–Crippen LogP) is 2.77. The van der Waals surface area contributed by atoms with Gasteiger partial charge in [-0.2, -0.15) is 0 Å². The normalized spacial score (nSPS) is 10.7. The lowest BCUT2D eigenvalue weighted by Crippen LogP contribution is -2.30. The van der Waals surface area contributed by atoms with E-state index in [0.717, 1.165) is 11.1 Å². The van der Waals surface area contributed by atoms with Gasteiger partial charge in [0, 0.05) is 25.7 Å². The molecule has 0 saturated carbocycles. The van der Waals surface area contributed by atoms with Crippen LogP contribution in [-0.4, -0.2) is 40.3 Å². The van der Waals surface area contributed by atoms with Gasteiger partial charge in [0.2, 0.25) is 11.7 Å². The summed E-state index contributed by atoms with van der Waals surface area (Å²) in [6, 6.07) is 9.81. The van der Waals surface area contributed by atoms with Gasteiger partial charge < -0.3 is 24.8 Å². The van der Waals surface area contributed by atoms with Crippen molar-refractivity contribution < 1.29 is 23.4 Å². The third-order valence-corrected chi connectivity index (χ3v) is 3.96. The van der Waals surface area contributed by atoms with Gasteiger partial charge in [-0.05, 0) is 41.5 Å². The Morgan fingerprint density at radius 2 is 1.64 bits per heavy atom. The maximum absolute atomic E-state index is 12.8. The Bertz CT molecular complexity index is 782. The van der Waals surface area contributed by atoms with Gasteiger partial charge in [0.15, 0.2) is 11.5 Å². The first-order valence-corrected chi connectivity index (χ1v) is 8.78. The Balaban J connectivity index is 1.80. The Labute approximate surface area is 164 Å². The molecule has 0 unspecified atom stereocenters. The monoisotopic (exact) mass is 388 g/mol. The molecule has 0 atom stereocenters. The van der Waals surface area contributed by atoms with E-state index in [4.69, 9.17) is 14.2 Å². The van der Waals surface area contributed by atoms with Crippen LogP contribution in [0.2, 0.25) is 0 Å². The molecule has 0 fully saturated rings. The molecule has 0 saturated heterocycles. The topological polar surface area (TPSA) is 68.8 Å². The lowest BCUT2D eigenvalue weighted by atomic mass is 10.1. The van der Waals surface area contributed by atoms with Crippen molar-refractivity contribution in [2.24, 2.45) is 0 Å². The standard InChI is InChI=1S/C21H25FN2O4/c1-26-18-12-16(13-19(27-2)21(18)28-3)6-9-20(25)24-11-10-23-14-15-4-7-17(22)8-5-15/h4-9,12-13,23H,10-11,14H2,1-3H3,(H,24,25)/b9-6+. The smallest absolute Gasteiger partial charge is 0.244 e. The molecule has 6 nitrogen and oxygen atoms in total. The molecule has 2 N–H and O–H groups in total. The van der Waals surface area contributed by atoms with Crippen LogP contribution < -0.4 is 24.8 Å². The van der Waals surface area contributed by atoms with E-state index in [0.29, 0.717) is 36.9 Å². The Morgan fingerprint density at radius 3 is 2.21 bits per heavy atom. The van der Waals surface area contributed by atoms with E-state index in [1.165, 1.54) is 39.5 Å². The van der Waals surface area contributed by atoms with Gasteiger partial charge in [-0.1, -0.05) is 12.1 Å². The molecule has 1 amide bonds. The van der Waals surface area contributed by atoms with Crippen molar-refractivity contribution in [3.05, 3.63) is 59.4 Å². The molecule has 0 aliphatic rings. The number of rotatable bonds is 10. The predicted molar refractivity (Wildman–Crippen MR) is 106 cm³/mol. The third kappa shape index (κ3) is 6.28. The Morgan fingerprint density at radius 1 is 1.00 bits per heavy atom. The minimum atomic E-state index is -0.255. The molecule has 0 aliphatic carbocycles. The van der Waals surface area contributed by atoms with Crippen LogP contribution in [0.4, 0.5) is 4.39 Å². The SMILES string of the molecule is COc1cc(/C=C/C(=O)NCCNCc2ccc(F)cc2)cc(OC)c1OC. The number of hydrogen-bond acceptors (Lipinski definition) is 5. The fourth-order valence-electron chi connectivity index (χ4n) is 2.54. The quantitative estimate of drug-likeness (QED) is 0.484. The second-order valence-electron chi connectivity index (χ2n) is 5.89. The molecule has 0 bridgehead atoms. The van der Waals surface area contributed by atoms with E-state index in [-0.39, 0.29) is 11.7 Å². The zero-order chi connectivity index (χ0) is 20.4. The number of carbonyl (C=O) groups is 1. The highest BCUT2D eigenvalue weighted by atomic mass is 19.1. The number of benzene rings is 2. The average molecular weight is 388 g/mol. The van der Waals surface area contributed by atoms with Crippen molar-refractivity contribution in [3.63, 3.8) is 0 Å². The molecular weight excluding hydrogens is 363 g/mol. The van der Waals surface area contributed by atoms with Gasteiger partial charge >= 0.3 is 0 Å². The number of hydrogen-bond donors (Lipinski definition) is 2. The zero-order valence-electron chi connectivity index (χ0n) is 16.3. The molecule has 7 heteroatoms. The molecule has 150 valence electrons. The summed E-state index contributed by atoms with van der Waals surface area (Å²) >= 11 is 0. The fraction of sp³-hybridized carbons (Fsp3) is 0.286. The van der Waals surface area contributed by atoms with E-state index >= 15 is 0 Å². The molecule has 2 aromatic carbocycles. The van der Waals surface area contributed by atoms with Crippen LogP contribution in [-0.2, 0) is 11.3 Å². The molecular formula is C21H25FN2O4. The maximum Gasteiger partial charge on any atom is 0.244 e. The fourth-order valence-corrected chi connectivity index (χ4v) is 2.54. The number of halogens is 1. The molecule has 2 aromatic rings. The second-order valence-corrected chi connectivity index (χ2v) is 5.89. The Hall–Kier alpha value is -3.06. The van der Waals surface area contributed by atoms with Crippen LogP contribution >= 0.6 is 0 Å². The number of methoxy groups -OCH3 is 3. The summed E-state index contributed by atoms with van der Waals surface area (Å²) < 4.78 is 28.7. The van der Waals surface area contributed by atoms with Crippen molar-refractivity contribution in [2.75, 3.05) is 34.4 Å². The van der Waals surface area contributed by atoms with Gasteiger partial charge in [0.05, 0.1) is 21.3 Å². The summed E-state index contributed by atoms with van der Waals surface area (Å²) in [5, 5.41) is 5.98. The summed E-state index contributed by atoms with van der Waals surface area (Å²) in [6.45, 7) is 1.68. The summed E-state index contributed by atoms with van der Waals surface area (Å²) in [4.78, 5) is 12.0. The molecule has 0 aromatic heterocycles. The lowest BCUT2D eigenvalue weighted by molar-refractivity contribution is -0.116. The first-order chi connectivity index (χ1) is 13.6. The highest BCUT2D eigenvalue weighted by Gasteiger charge is 2.12. The van der Waals surface area contributed by atoms with E-state index in [1.54, 1.807) is 30.3 Å². The van der Waals surface area contributed by atoms with Crippen molar-refractivity contribution in [2.45, 2.75) is 6.54 Å². The number of amides is 1. The summed E-state index contributed by atoms with van der Waals surface area (Å²) in [7, 11) is 4.61. The van der Waals surface area contributed by atoms with Crippen molar-refractivity contribution in [1.29, 1.82) is 0 Å². The summed E-state index contributed by atoms with van der Waals surface area (Å²) in [5.74, 6) is 1.07. The van der Waals surface area contributed by atoms with Gasteiger partial charge in [0.1, 0.15) is 5.82 Å². The van der Waals surface area contributed by atoms with Gasteiger partial charge in [-0.3, -0.25) is 4.79 Å². The highest BCUT2D eigenvalue weighted by Crippen LogP contribution is 2.38. The molecule has 2 rings (SSSR count). The molecule has 0 spiro atoms. The van der Waals surface area contributed by atoms with Crippen LogP contribution in [0.1, 0.15) is 11.1 Å². The molecule has 0 aliphatic heterocycles.